The lowest BCUT2D eigenvalue weighted by molar-refractivity contribution is -0.125. The molecule has 2 aromatic rings. The Balaban J connectivity index is 1.63. The number of hydrogen-bond donors (Lipinski definition) is 1. The molecule has 5 nitrogen and oxygen atoms in total. The summed E-state index contributed by atoms with van der Waals surface area (Å²) in [5.41, 5.74) is 2.08. The van der Waals surface area contributed by atoms with E-state index in [1.54, 1.807) is 23.1 Å². The van der Waals surface area contributed by atoms with Gasteiger partial charge in [-0.05, 0) is 42.3 Å². The highest BCUT2D eigenvalue weighted by Crippen LogP contribution is 2.33. The molecule has 0 saturated heterocycles. The summed E-state index contributed by atoms with van der Waals surface area (Å²) in [5.74, 6) is -0.764. The van der Waals surface area contributed by atoms with Crippen molar-refractivity contribution in [3.05, 3.63) is 53.8 Å². The average molecular weight is 370 g/mol. The average Bonchev–Trinajstić information content (AvgIpc) is 3.02. The number of anilines is 2. The lowest BCUT2D eigenvalue weighted by Gasteiger charge is -2.26. The van der Waals surface area contributed by atoms with E-state index in [0.29, 0.717) is 12.2 Å². The van der Waals surface area contributed by atoms with Gasteiger partial charge in [0, 0.05) is 23.3 Å². The molecular formula is C21H23FN2O3. The molecule has 0 saturated carbocycles. The van der Waals surface area contributed by atoms with Crippen LogP contribution in [0.3, 0.4) is 0 Å². The molecule has 0 aromatic heterocycles. The number of ether oxygens (including phenoxy) is 1. The number of fused-ring (bicyclic) bond motifs is 1. The Morgan fingerprint density at radius 2 is 1.93 bits per heavy atom. The minimum atomic E-state index is -0.508. The molecule has 0 unspecified atom stereocenters. The molecule has 1 N–H and O–H groups in total. The summed E-state index contributed by atoms with van der Waals surface area (Å²) in [6, 6.07) is 11.4. The van der Waals surface area contributed by atoms with Gasteiger partial charge in [-0.1, -0.05) is 32.9 Å². The van der Waals surface area contributed by atoms with E-state index in [4.69, 9.17) is 4.74 Å². The smallest absolute Gasteiger partial charge is 0.262 e. The Labute approximate surface area is 158 Å². The Morgan fingerprint density at radius 3 is 2.63 bits per heavy atom. The first-order valence-electron chi connectivity index (χ1n) is 8.88. The van der Waals surface area contributed by atoms with Crippen LogP contribution in [0.4, 0.5) is 15.8 Å². The maximum absolute atomic E-state index is 13.5. The van der Waals surface area contributed by atoms with Gasteiger partial charge in [-0.3, -0.25) is 9.59 Å². The lowest BCUT2D eigenvalue weighted by atomic mass is 9.94. The quantitative estimate of drug-likeness (QED) is 0.891. The van der Waals surface area contributed by atoms with Crippen molar-refractivity contribution in [2.45, 2.75) is 27.2 Å². The van der Waals surface area contributed by atoms with Crippen molar-refractivity contribution in [2.75, 3.05) is 23.4 Å². The summed E-state index contributed by atoms with van der Waals surface area (Å²) < 4.78 is 18.7. The molecule has 1 heterocycles. The van der Waals surface area contributed by atoms with Crippen molar-refractivity contribution in [3.8, 4) is 5.75 Å². The van der Waals surface area contributed by atoms with Gasteiger partial charge in [0.05, 0.1) is 0 Å². The summed E-state index contributed by atoms with van der Waals surface area (Å²) in [4.78, 5) is 26.4. The van der Waals surface area contributed by atoms with E-state index in [0.717, 1.165) is 17.7 Å². The van der Waals surface area contributed by atoms with E-state index >= 15 is 0 Å². The second kappa shape index (κ2) is 7.39. The predicted octanol–water partition coefficient (Wildman–Crippen LogP) is 3.78. The predicted molar refractivity (Wildman–Crippen MR) is 102 cm³/mol. The third-order valence-electron chi connectivity index (χ3n) is 4.34. The first-order chi connectivity index (χ1) is 12.8. The molecule has 2 amide bonds. The second-order valence-electron chi connectivity index (χ2n) is 7.57. The summed E-state index contributed by atoms with van der Waals surface area (Å²) in [7, 11) is 0. The number of hydrogen-bond acceptors (Lipinski definition) is 3. The van der Waals surface area contributed by atoms with Gasteiger partial charge in [0.1, 0.15) is 0 Å². The molecule has 27 heavy (non-hydrogen) atoms. The van der Waals surface area contributed by atoms with Crippen molar-refractivity contribution in [1.82, 2.24) is 0 Å². The summed E-state index contributed by atoms with van der Waals surface area (Å²) in [5, 5.41) is 2.75. The third kappa shape index (κ3) is 4.27. The molecule has 0 aliphatic carbocycles. The zero-order chi connectivity index (χ0) is 19.6. The van der Waals surface area contributed by atoms with Gasteiger partial charge in [0.2, 0.25) is 5.91 Å². The van der Waals surface area contributed by atoms with Crippen molar-refractivity contribution in [2.24, 2.45) is 5.41 Å². The zero-order valence-corrected chi connectivity index (χ0v) is 15.7. The van der Waals surface area contributed by atoms with E-state index in [2.05, 4.69) is 5.32 Å². The monoisotopic (exact) mass is 370 g/mol. The van der Waals surface area contributed by atoms with E-state index in [1.165, 1.54) is 12.1 Å². The number of amides is 2. The molecule has 0 spiro atoms. The fourth-order valence-electron chi connectivity index (χ4n) is 3.00. The molecule has 0 fully saturated rings. The van der Waals surface area contributed by atoms with Gasteiger partial charge in [-0.2, -0.15) is 0 Å². The van der Waals surface area contributed by atoms with Crippen LogP contribution >= 0.6 is 0 Å². The van der Waals surface area contributed by atoms with Crippen molar-refractivity contribution in [1.29, 1.82) is 0 Å². The highest BCUT2D eigenvalue weighted by Gasteiger charge is 2.32. The van der Waals surface area contributed by atoms with Crippen LogP contribution in [0.15, 0.2) is 42.5 Å². The van der Waals surface area contributed by atoms with Gasteiger partial charge in [0.15, 0.2) is 18.2 Å². The summed E-state index contributed by atoms with van der Waals surface area (Å²) in [6.45, 7) is 6.05. The molecule has 3 rings (SSSR count). The maximum Gasteiger partial charge on any atom is 0.262 e. The molecular weight excluding hydrogens is 347 g/mol. The number of nitrogens with zero attached hydrogens (tertiary/aromatic N) is 1. The van der Waals surface area contributed by atoms with Crippen LogP contribution in [-0.4, -0.2) is 25.0 Å². The van der Waals surface area contributed by atoms with Crippen molar-refractivity contribution >= 4 is 23.2 Å². The zero-order valence-electron chi connectivity index (χ0n) is 15.7. The SMILES string of the molecule is CC(C)(C)C(=O)N1CCc2cc(NC(=O)COc3ccccc3F)ccc21. The molecule has 0 atom stereocenters. The molecule has 142 valence electrons. The van der Waals surface area contributed by atoms with Gasteiger partial charge >= 0.3 is 0 Å². The van der Waals surface area contributed by atoms with Crippen LogP contribution in [-0.2, 0) is 16.0 Å². The normalized spacial score (nSPS) is 13.3. The lowest BCUT2D eigenvalue weighted by Crippen LogP contribution is -2.38. The van der Waals surface area contributed by atoms with E-state index < -0.39 is 11.2 Å². The van der Waals surface area contributed by atoms with Crippen molar-refractivity contribution < 1.29 is 18.7 Å². The van der Waals surface area contributed by atoms with Crippen LogP contribution in [0.5, 0.6) is 5.75 Å². The molecule has 0 radical (unpaired) electrons. The minimum Gasteiger partial charge on any atom is -0.481 e. The largest absolute Gasteiger partial charge is 0.481 e. The Hall–Kier alpha value is -2.89. The van der Waals surface area contributed by atoms with Crippen LogP contribution < -0.4 is 15.0 Å². The van der Waals surface area contributed by atoms with Crippen LogP contribution in [0.1, 0.15) is 26.3 Å². The van der Waals surface area contributed by atoms with Crippen LogP contribution in [0.2, 0.25) is 0 Å². The topological polar surface area (TPSA) is 58.6 Å². The number of benzene rings is 2. The fourth-order valence-corrected chi connectivity index (χ4v) is 3.00. The van der Waals surface area contributed by atoms with Crippen molar-refractivity contribution in [3.63, 3.8) is 0 Å². The number of nitrogens with one attached hydrogen (secondary N) is 1. The minimum absolute atomic E-state index is 0.0398. The van der Waals surface area contributed by atoms with E-state index in [9.17, 15) is 14.0 Å². The van der Waals surface area contributed by atoms with Crippen LogP contribution in [0, 0.1) is 11.2 Å². The summed E-state index contributed by atoms with van der Waals surface area (Å²) >= 11 is 0. The highest BCUT2D eigenvalue weighted by atomic mass is 19.1. The molecule has 0 bridgehead atoms. The fraction of sp³-hybridized carbons (Fsp3) is 0.333. The van der Waals surface area contributed by atoms with Gasteiger partial charge < -0.3 is 15.0 Å². The highest BCUT2D eigenvalue weighted by molar-refractivity contribution is 5.99. The second-order valence-corrected chi connectivity index (χ2v) is 7.57. The van der Waals surface area contributed by atoms with E-state index in [1.807, 2.05) is 32.9 Å². The molecule has 2 aromatic carbocycles. The number of carbonyl (C=O) groups excluding carboxylic acids is 2. The molecule has 1 aliphatic heterocycles. The number of carbonyl (C=O) groups is 2. The number of halogens is 1. The van der Waals surface area contributed by atoms with Gasteiger partial charge in [-0.15, -0.1) is 0 Å². The van der Waals surface area contributed by atoms with Gasteiger partial charge in [-0.25, -0.2) is 4.39 Å². The van der Waals surface area contributed by atoms with Crippen LogP contribution in [0.25, 0.3) is 0 Å². The van der Waals surface area contributed by atoms with Gasteiger partial charge in [0.25, 0.3) is 5.91 Å². The Bertz CT molecular complexity index is 874. The number of para-hydroxylation sites is 1. The Morgan fingerprint density at radius 1 is 1.19 bits per heavy atom. The first kappa shape index (κ1) is 18.9. The van der Waals surface area contributed by atoms with E-state index in [-0.39, 0.29) is 24.2 Å². The summed E-state index contributed by atoms with van der Waals surface area (Å²) in [6.07, 6.45) is 0.743. The standard InChI is InChI=1S/C21H23FN2O3/c1-21(2,3)20(26)24-11-10-14-12-15(8-9-17(14)24)23-19(25)13-27-18-7-5-4-6-16(18)22/h4-9,12H,10-11,13H2,1-3H3,(H,23,25). The first-order valence-corrected chi connectivity index (χ1v) is 8.88. The third-order valence-corrected chi connectivity index (χ3v) is 4.34. The maximum atomic E-state index is 13.5. The number of rotatable bonds is 4. The Kier molecular flexibility index (Phi) is 5.17. The molecule has 1 aliphatic rings. The molecule has 6 heteroatoms.